The van der Waals surface area contributed by atoms with Gasteiger partial charge >= 0.3 is 0 Å². The Labute approximate surface area is 122 Å². The smallest absolute Gasteiger partial charge is 0.00897 e. The molecule has 0 aromatic heterocycles. The van der Waals surface area contributed by atoms with Crippen LogP contribution in [0.1, 0.15) is 45.1 Å². The summed E-state index contributed by atoms with van der Waals surface area (Å²) in [5.74, 6) is 2.16. The second kappa shape index (κ2) is 3.87. The Morgan fingerprint density at radius 2 is 1.80 bits per heavy atom. The van der Waals surface area contributed by atoms with Crippen LogP contribution in [0.25, 0.3) is 0 Å². The van der Waals surface area contributed by atoms with Crippen molar-refractivity contribution in [3.05, 3.63) is 59.7 Å². The summed E-state index contributed by atoms with van der Waals surface area (Å²) in [4.78, 5) is 0. The van der Waals surface area contributed by atoms with E-state index in [9.17, 15) is 0 Å². The summed E-state index contributed by atoms with van der Waals surface area (Å²) >= 11 is 0. The summed E-state index contributed by atoms with van der Waals surface area (Å²) in [7, 11) is 0. The van der Waals surface area contributed by atoms with Gasteiger partial charge in [-0.25, -0.2) is 0 Å². The second-order valence-corrected chi connectivity index (χ2v) is 7.67. The SMILES string of the molecule is CC1(C)[C@@H]2CC[C@@]1(C)C1=CC=C[C@H](c3ccccc3)[C@@H]12. The summed E-state index contributed by atoms with van der Waals surface area (Å²) in [6, 6.07) is 11.1. The molecule has 2 saturated carbocycles. The molecule has 20 heavy (non-hydrogen) atoms. The van der Waals surface area contributed by atoms with Crippen molar-refractivity contribution in [2.45, 2.75) is 39.5 Å². The van der Waals surface area contributed by atoms with Crippen molar-refractivity contribution in [1.29, 1.82) is 0 Å². The normalized spacial score (nSPS) is 40.5. The Hall–Kier alpha value is -1.30. The Kier molecular flexibility index (Phi) is 2.41. The number of allylic oxidation sites excluding steroid dienone is 4. The number of rotatable bonds is 1. The highest BCUT2D eigenvalue weighted by molar-refractivity contribution is 5.44. The standard InChI is InChI=1S/C20H24/c1-19(2)16-12-13-20(19,3)17-11-7-10-15(18(16)17)14-8-5-4-6-9-14/h4-11,15-16,18H,12-13H2,1-3H3/t15-,16-,18-,20+/m1/s1. The van der Waals surface area contributed by atoms with Gasteiger partial charge in [0.05, 0.1) is 0 Å². The Bertz CT molecular complexity index is 590. The summed E-state index contributed by atoms with van der Waals surface area (Å²) in [6.07, 6.45) is 9.96. The Morgan fingerprint density at radius 1 is 1.05 bits per heavy atom. The van der Waals surface area contributed by atoms with E-state index in [0.29, 0.717) is 16.7 Å². The van der Waals surface area contributed by atoms with Gasteiger partial charge in [0.1, 0.15) is 0 Å². The third-order valence-corrected chi connectivity index (χ3v) is 6.90. The monoisotopic (exact) mass is 264 g/mol. The van der Waals surface area contributed by atoms with Crippen LogP contribution in [-0.4, -0.2) is 0 Å². The van der Waals surface area contributed by atoms with Crippen molar-refractivity contribution in [3.63, 3.8) is 0 Å². The second-order valence-electron chi connectivity index (χ2n) is 7.67. The first kappa shape index (κ1) is 12.4. The topological polar surface area (TPSA) is 0 Å². The maximum absolute atomic E-state index is 2.51. The van der Waals surface area contributed by atoms with E-state index >= 15 is 0 Å². The molecule has 2 fully saturated rings. The quantitative estimate of drug-likeness (QED) is 0.642. The van der Waals surface area contributed by atoms with Crippen LogP contribution in [0.4, 0.5) is 0 Å². The largest absolute Gasteiger partial charge is 0.0764 e. The van der Waals surface area contributed by atoms with Gasteiger partial charge in [-0.1, -0.05) is 74.9 Å². The predicted molar refractivity (Wildman–Crippen MR) is 84.5 cm³/mol. The zero-order chi connectivity index (χ0) is 14.0. The molecule has 1 aromatic rings. The zero-order valence-corrected chi connectivity index (χ0v) is 12.8. The van der Waals surface area contributed by atoms with Crippen LogP contribution in [0.2, 0.25) is 0 Å². The highest BCUT2D eigenvalue weighted by Crippen LogP contribution is 2.72. The fourth-order valence-corrected chi connectivity index (χ4v) is 5.40. The van der Waals surface area contributed by atoms with Gasteiger partial charge in [-0.15, -0.1) is 0 Å². The highest BCUT2D eigenvalue weighted by atomic mass is 14.7. The van der Waals surface area contributed by atoms with Crippen molar-refractivity contribution in [2.75, 3.05) is 0 Å². The molecule has 1 aromatic carbocycles. The van der Waals surface area contributed by atoms with E-state index in [2.05, 4.69) is 69.3 Å². The summed E-state index contributed by atoms with van der Waals surface area (Å²) < 4.78 is 0. The average molecular weight is 264 g/mol. The van der Waals surface area contributed by atoms with Crippen LogP contribution in [0.5, 0.6) is 0 Å². The molecule has 0 heterocycles. The molecule has 4 atom stereocenters. The van der Waals surface area contributed by atoms with Crippen molar-refractivity contribution in [1.82, 2.24) is 0 Å². The van der Waals surface area contributed by atoms with Gasteiger partial charge in [0.2, 0.25) is 0 Å². The minimum Gasteiger partial charge on any atom is -0.0764 e. The van der Waals surface area contributed by atoms with E-state index in [1.54, 1.807) is 5.57 Å². The highest BCUT2D eigenvalue weighted by Gasteiger charge is 2.64. The van der Waals surface area contributed by atoms with Gasteiger partial charge < -0.3 is 0 Å². The van der Waals surface area contributed by atoms with Crippen LogP contribution in [0.15, 0.2) is 54.1 Å². The number of hydrogen-bond acceptors (Lipinski definition) is 0. The fraction of sp³-hybridized carbons (Fsp3) is 0.500. The Balaban J connectivity index is 1.82. The fourth-order valence-electron chi connectivity index (χ4n) is 5.40. The van der Waals surface area contributed by atoms with Crippen molar-refractivity contribution in [3.8, 4) is 0 Å². The minimum atomic E-state index is 0.417. The maximum atomic E-state index is 2.51. The van der Waals surface area contributed by atoms with Crippen LogP contribution in [0.3, 0.4) is 0 Å². The number of hydrogen-bond donors (Lipinski definition) is 0. The molecule has 3 aliphatic rings. The molecular weight excluding hydrogens is 240 g/mol. The van der Waals surface area contributed by atoms with Crippen molar-refractivity contribution < 1.29 is 0 Å². The molecule has 0 unspecified atom stereocenters. The average Bonchev–Trinajstić information content (AvgIpc) is 2.80. The lowest BCUT2D eigenvalue weighted by Crippen LogP contribution is -2.28. The molecule has 0 spiro atoms. The molecule has 104 valence electrons. The van der Waals surface area contributed by atoms with Crippen LogP contribution in [-0.2, 0) is 0 Å². The van der Waals surface area contributed by atoms with Gasteiger partial charge in [-0.05, 0) is 41.1 Å². The van der Waals surface area contributed by atoms with Gasteiger partial charge in [0, 0.05) is 5.92 Å². The molecule has 2 bridgehead atoms. The van der Waals surface area contributed by atoms with Gasteiger partial charge in [-0.3, -0.25) is 0 Å². The summed E-state index contributed by atoms with van der Waals surface area (Å²) in [6.45, 7) is 7.53. The lowest BCUT2D eigenvalue weighted by atomic mass is 9.67. The molecule has 0 amide bonds. The van der Waals surface area contributed by atoms with Crippen LogP contribution < -0.4 is 0 Å². The van der Waals surface area contributed by atoms with E-state index in [4.69, 9.17) is 0 Å². The van der Waals surface area contributed by atoms with E-state index in [1.165, 1.54) is 18.4 Å². The molecule has 0 radical (unpaired) electrons. The number of fused-ring (bicyclic) bond motifs is 5. The van der Waals surface area contributed by atoms with Crippen LogP contribution >= 0.6 is 0 Å². The molecule has 0 N–H and O–H groups in total. The van der Waals surface area contributed by atoms with Gasteiger partial charge in [0.15, 0.2) is 0 Å². The summed E-state index contributed by atoms with van der Waals surface area (Å²) in [5.41, 5.74) is 4.09. The lowest BCUT2D eigenvalue weighted by Gasteiger charge is -2.37. The third kappa shape index (κ3) is 1.33. The maximum Gasteiger partial charge on any atom is 0.00897 e. The number of benzene rings is 1. The third-order valence-electron chi connectivity index (χ3n) is 6.90. The zero-order valence-electron chi connectivity index (χ0n) is 12.8. The first-order valence-corrected chi connectivity index (χ1v) is 7.99. The summed E-state index contributed by atoms with van der Waals surface area (Å²) in [5, 5.41) is 0. The molecule has 0 saturated heterocycles. The predicted octanol–water partition coefficient (Wildman–Crippen LogP) is 5.34. The van der Waals surface area contributed by atoms with E-state index in [-0.39, 0.29) is 0 Å². The Morgan fingerprint density at radius 3 is 2.55 bits per heavy atom. The van der Waals surface area contributed by atoms with Crippen molar-refractivity contribution >= 4 is 0 Å². The molecule has 4 rings (SSSR count). The lowest BCUT2D eigenvalue weighted by molar-refractivity contribution is 0.169. The molecule has 0 nitrogen and oxygen atoms in total. The molecule has 0 aliphatic heterocycles. The molecular formula is C20H24. The van der Waals surface area contributed by atoms with Crippen molar-refractivity contribution in [2.24, 2.45) is 22.7 Å². The first-order valence-electron chi connectivity index (χ1n) is 7.99. The first-order chi connectivity index (χ1) is 9.56. The van der Waals surface area contributed by atoms with E-state index in [0.717, 1.165) is 11.8 Å². The van der Waals surface area contributed by atoms with Gasteiger partial charge in [-0.2, -0.15) is 0 Å². The molecule has 0 heteroatoms. The molecule has 3 aliphatic carbocycles. The van der Waals surface area contributed by atoms with Gasteiger partial charge in [0.25, 0.3) is 0 Å². The minimum absolute atomic E-state index is 0.417. The van der Waals surface area contributed by atoms with Crippen LogP contribution in [0, 0.1) is 22.7 Å². The van der Waals surface area contributed by atoms with E-state index in [1.807, 2.05) is 0 Å². The van der Waals surface area contributed by atoms with E-state index < -0.39 is 0 Å².